The fraction of sp³-hybridized carbons (Fsp3) is 1.00. The highest BCUT2D eigenvalue weighted by Crippen LogP contribution is 2.48. The third kappa shape index (κ3) is 6.19. The number of hydrogen-bond donors (Lipinski definition) is 0. The van der Waals surface area contributed by atoms with Crippen molar-refractivity contribution >= 4 is 0 Å². The standard InChI is InChI=1S/C26H45F.2H2O/c1-18-3-7-20(8-4-18)21-11-13-23(14-12-21)25-16-15-24(17-26(25)27)22-9-5-19(2)6-10-22;;/h18-26H,3-17H2,1-2H3;2*1H2. The second-order valence-electron chi connectivity index (χ2n) is 11.5. The van der Waals surface area contributed by atoms with Crippen molar-refractivity contribution < 1.29 is 15.3 Å². The van der Waals surface area contributed by atoms with E-state index in [4.69, 9.17) is 0 Å². The van der Waals surface area contributed by atoms with Crippen LogP contribution in [-0.4, -0.2) is 17.1 Å². The van der Waals surface area contributed by atoms with Crippen LogP contribution in [0.3, 0.4) is 0 Å². The molecule has 0 saturated heterocycles. The molecule has 4 saturated carbocycles. The summed E-state index contributed by atoms with van der Waals surface area (Å²) < 4.78 is 15.2. The highest BCUT2D eigenvalue weighted by atomic mass is 19.1. The molecule has 0 aromatic carbocycles. The van der Waals surface area contributed by atoms with Crippen molar-refractivity contribution in [2.45, 2.75) is 116 Å². The van der Waals surface area contributed by atoms with Crippen molar-refractivity contribution in [3.8, 4) is 0 Å². The average molecular weight is 413 g/mol. The average Bonchev–Trinajstić information content (AvgIpc) is 2.69. The molecule has 0 aliphatic heterocycles. The molecule has 2 nitrogen and oxygen atoms in total. The summed E-state index contributed by atoms with van der Waals surface area (Å²) in [7, 11) is 0. The quantitative estimate of drug-likeness (QED) is 0.504. The van der Waals surface area contributed by atoms with Crippen molar-refractivity contribution in [3.63, 3.8) is 0 Å². The predicted octanol–water partition coefficient (Wildman–Crippen LogP) is 6.55. The molecule has 172 valence electrons. The van der Waals surface area contributed by atoms with Gasteiger partial charge < -0.3 is 11.0 Å². The van der Waals surface area contributed by atoms with Gasteiger partial charge in [0.2, 0.25) is 0 Å². The zero-order valence-electron chi connectivity index (χ0n) is 19.2. The molecule has 0 bridgehead atoms. The lowest BCUT2D eigenvalue weighted by Gasteiger charge is -2.44. The van der Waals surface area contributed by atoms with E-state index in [1.54, 1.807) is 0 Å². The van der Waals surface area contributed by atoms with Gasteiger partial charge in [-0.25, -0.2) is 4.39 Å². The van der Waals surface area contributed by atoms with Crippen LogP contribution in [0.2, 0.25) is 0 Å². The maximum atomic E-state index is 15.2. The lowest BCUT2D eigenvalue weighted by Crippen LogP contribution is -2.37. The van der Waals surface area contributed by atoms with E-state index in [2.05, 4.69) is 13.8 Å². The molecule has 3 atom stereocenters. The number of hydrogen-bond acceptors (Lipinski definition) is 0. The highest BCUT2D eigenvalue weighted by Gasteiger charge is 2.40. The van der Waals surface area contributed by atoms with Gasteiger partial charge in [-0.15, -0.1) is 0 Å². The lowest BCUT2D eigenvalue weighted by molar-refractivity contribution is 0.0273. The Morgan fingerprint density at radius 3 is 1.24 bits per heavy atom. The first kappa shape index (κ1) is 25.1. The van der Waals surface area contributed by atoms with E-state index in [1.807, 2.05) is 0 Å². The minimum atomic E-state index is -0.486. The second kappa shape index (κ2) is 11.5. The van der Waals surface area contributed by atoms with Gasteiger partial charge in [0.1, 0.15) is 6.17 Å². The largest absolute Gasteiger partial charge is 0.412 e. The van der Waals surface area contributed by atoms with Gasteiger partial charge >= 0.3 is 0 Å². The van der Waals surface area contributed by atoms with Crippen molar-refractivity contribution in [1.82, 2.24) is 0 Å². The van der Waals surface area contributed by atoms with Crippen LogP contribution >= 0.6 is 0 Å². The molecular formula is C26H49FO2. The molecule has 4 fully saturated rings. The van der Waals surface area contributed by atoms with Gasteiger partial charge in [0.05, 0.1) is 0 Å². The molecule has 3 heteroatoms. The molecule has 4 rings (SSSR count). The van der Waals surface area contributed by atoms with Gasteiger partial charge in [-0.05, 0) is 118 Å². The van der Waals surface area contributed by atoms with Gasteiger partial charge in [-0.1, -0.05) is 39.5 Å². The number of alkyl halides is 1. The summed E-state index contributed by atoms with van der Waals surface area (Å²) >= 11 is 0. The molecule has 0 radical (unpaired) electrons. The van der Waals surface area contributed by atoms with Crippen molar-refractivity contribution in [3.05, 3.63) is 0 Å². The molecule has 0 heterocycles. The Labute approximate surface area is 179 Å². The summed E-state index contributed by atoms with van der Waals surface area (Å²) in [5.41, 5.74) is 0. The first-order chi connectivity index (χ1) is 13.1. The Morgan fingerprint density at radius 1 is 0.448 bits per heavy atom. The molecule has 4 aliphatic rings. The topological polar surface area (TPSA) is 63.0 Å². The van der Waals surface area contributed by atoms with Crippen LogP contribution in [0, 0.1) is 47.3 Å². The van der Waals surface area contributed by atoms with Crippen molar-refractivity contribution in [1.29, 1.82) is 0 Å². The van der Waals surface area contributed by atoms with Crippen LogP contribution in [0.15, 0.2) is 0 Å². The van der Waals surface area contributed by atoms with E-state index in [-0.39, 0.29) is 11.0 Å². The molecule has 0 aromatic rings. The maximum Gasteiger partial charge on any atom is 0.103 e. The summed E-state index contributed by atoms with van der Waals surface area (Å²) in [6, 6.07) is 0. The van der Waals surface area contributed by atoms with Crippen molar-refractivity contribution in [2.24, 2.45) is 47.3 Å². The van der Waals surface area contributed by atoms with Gasteiger partial charge in [0.15, 0.2) is 0 Å². The summed E-state index contributed by atoms with van der Waals surface area (Å²) in [6.45, 7) is 4.83. The third-order valence-corrected chi connectivity index (χ3v) is 9.74. The Hall–Kier alpha value is -0.150. The molecule has 0 aromatic heterocycles. The second-order valence-corrected chi connectivity index (χ2v) is 11.5. The molecule has 0 spiro atoms. The van der Waals surface area contributed by atoms with Gasteiger partial charge in [0.25, 0.3) is 0 Å². The van der Waals surface area contributed by atoms with E-state index < -0.39 is 6.17 Å². The summed E-state index contributed by atoms with van der Waals surface area (Å²) in [5.74, 6) is 6.56. The summed E-state index contributed by atoms with van der Waals surface area (Å²) in [6.07, 6.45) is 19.9. The third-order valence-electron chi connectivity index (χ3n) is 9.74. The first-order valence-electron chi connectivity index (χ1n) is 12.7. The normalized spacial score (nSPS) is 46.2. The van der Waals surface area contributed by atoms with E-state index in [1.165, 1.54) is 89.9 Å². The first-order valence-corrected chi connectivity index (χ1v) is 12.7. The predicted molar refractivity (Wildman–Crippen MR) is 121 cm³/mol. The summed E-state index contributed by atoms with van der Waals surface area (Å²) in [4.78, 5) is 0. The van der Waals surface area contributed by atoms with Crippen LogP contribution in [0.5, 0.6) is 0 Å². The van der Waals surface area contributed by atoms with Crippen molar-refractivity contribution in [2.75, 3.05) is 0 Å². The summed E-state index contributed by atoms with van der Waals surface area (Å²) in [5, 5.41) is 0. The van der Waals surface area contributed by atoms with E-state index in [0.29, 0.717) is 17.8 Å². The van der Waals surface area contributed by atoms with Crippen LogP contribution < -0.4 is 0 Å². The highest BCUT2D eigenvalue weighted by molar-refractivity contribution is 4.91. The molecule has 3 unspecified atom stereocenters. The fourth-order valence-electron chi connectivity index (χ4n) is 7.69. The van der Waals surface area contributed by atoms with Crippen LogP contribution in [0.1, 0.15) is 110 Å². The number of rotatable bonds is 3. The molecular weight excluding hydrogens is 363 g/mol. The van der Waals surface area contributed by atoms with E-state index in [9.17, 15) is 0 Å². The molecule has 0 amide bonds. The SMILES string of the molecule is CC1CCC(C2CCC(C3CCC(C4CCC(C)CC4)CC3F)CC2)CC1.O.O. The minimum Gasteiger partial charge on any atom is -0.412 e. The Bertz CT molecular complexity index is 446. The zero-order valence-corrected chi connectivity index (χ0v) is 19.2. The smallest absolute Gasteiger partial charge is 0.103 e. The number of halogens is 1. The fourth-order valence-corrected chi connectivity index (χ4v) is 7.69. The Balaban J connectivity index is 0.00000150. The maximum absolute atomic E-state index is 15.2. The van der Waals surface area contributed by atoms with E-state index >= 15 is 4.39 Å². The van der Waals surface area contributed by atoms with E-state index in [0.717, 1.165) is 36.0 Å². The molecule has 4 N–H and O–H groups in total. The Kier molecular flexibility index (Phi) is 9.93. The minimum absolute atomic E-state index is 0. The lowest BCUT2D eigenvalue weighted by atomic mass is 9.62. The monoisotopic (exact) mass is 412 g/mol. The molecule has 4 aliphatic carbocycles. The van der Waals surface area contributed by atoms with Crippen LogP contribution in [0.25, 0.3) is 0 Å². The molecule has 29 heavy (non-hydrogen) atoms. The van der Waals surface area contributed by atoms with Crippen LogP contribution in [-0.2, 0) is 0 Å². The van der Waals surface area contributed by atoms with Crippen LogP contribution in [0.4, 0.5) is 4.39 Å². The zero-order chi connectivity index (χ0) is 18.8. The Morgan fingerprint density at radius 2 is 0.793 bits per heavy atom. The van der Waals surface area contributed by atoms with Gasteiger partial charge in [-0.3, -0.25) is 0 Å². The van der Waals surface area contributed by atoms with Gasteiger partial charge in [0, 0.05) is 0 Å². The van der Waals surface area contributed by atoms with Gasteiger partial charge in [-0.2, -0.15) is 0 Å².